The Hall–Kier alpha value is -2.11. The molecule has 1 aromatic heterocycles. The van der Waals surface area contributed by atoms with Crippen molar-refractivity contribution in [3.8, 4) is 0 Å². The molecule has 26 heavy (non-hydrogen) atoms. The Morgan fingerprint density at radius 3 is 2.42 bits per heavy atom. The molecule has 2 heterocycles. The first-order valence-corrected chi connectivity index (χ1v) is 9.27. The summed E-state index contributed by atoms with van der Waals surface area (Å²) in [5.74, 6) is 0.788. The van der Waals surface area contributed by atoms with Gasteiger partial charge in [0.25, 0.3) is 0 Å². The summed E-state index contributed by atoms with van der Waals surface area (Å²) in [6.45, 7) is 7.20. The lowest BCUT2D eigenvalue weighted by molar-refractivity contribution is -0.118. The normalized spacial score (nSPS) is 15.8. The second-order valence-corrected chi connectivity index (χ2v) is 7.20. The van der Waals surface area contributed by atoms with Crippen molar-refractivity contribution in [3.63, 3.8) is 0 Å². The van der Waals surface area contributed by atoms with E-state index in [0.29, 0.717) is 10.7 Å². The molecular formula is C20H24ClN3O2. The predicted octanol–water partition coefficient (Wildman–Crippen LogP) is 3.95. The summed E-state index contributed by atoms with van der Waals surface area (Å²) in [5.41, 5.74) is 1.66. The lowest BCUT2D eigenvalue weighted by Crippen LogP contribution is -2.36. The van der Waals surface area contributed by atoms with Crippen molar-refractivity contribution < 1.29 is 9.53 Å². The third-order valence-corrected chi connectivity index (χ3v) is 4.78. The molecular weight excluding hydrogens is 350 g/mol. The summed E-state index contributed by atoms with van der Waals surface area (Å²) in [5, 5.41) is 3.66. The van der Waals surface area contributed by atoms with Crippen LogP contribution < -0.4 is 10.2 Å². The Bertz CT molecular complexity index is 726. The van der Waals surface area contributed by atoms with Crippen molar-refractivity contribution in [1.29, 1.82) is 0 Å². The third-order valence-electron chi connectivity index (χ3n) is 4.53. The van der Waals surface area contributed by atoms with E-state index in [1.165, 1.54) is 0 Å². The van der Waals surface area contributed by atoms with Crippen LogP contribution in [0.25, 0.3) is 0 Å². The van der Waals surface area contributed by atoms with Crippen LogP contribution in [0.4, 0.5) is 11.5 Å². The number of rotatable bonds is 5. The summed E-state index contributed by atoms with van der Waals surface area (Å²) in [7, 11) is 0. The number of carbonyl (C=O) groups excluding carboxylic acids is 1. The van der Waals surface area contributed by atoms with E-state index in [0.717, 1.165) is 37.7 Å². The fraction of sp³-hybridized carbons (Fsp3) is 0.400. The number of benzene rings is 1. The van der Waals surface area contributed by atoms with E-state index in [-0.39, 0.29) is 17.7 Å². The number of hydrogen-bond acceptors (Lipinski definition) is 4. The lowest BCUT2D eigenvalue weighted by atomic mass is 9.87. The van der Waals surface area contributed by atoms with Crippen LogP contribution in [0.3, 0.4) is 0 Å². The molecule has 0 spiro atoms. The summed E-state index contributed by atoms with van der Waals surface area (Å²) < 4.78 is 5.36. The molecule has 6 heteroatoms. The molecule has 2 aromatic rings. The molecule has 1 atom stereocenters. The molecule has 1 fully saturated rings. The van der Waals surface area contributed by atoms with Gasteiger partial charge in [0.15, 0.2) is 0 Å². The van der Waals surface area contributed by atoms with Gasteiger partial charge >= 0.3 is 0 Å². The van der Waals surface area contributed by atoms with Gasteiger partial charge in [0.2, 0.25) is 5.91 Å². The highest BCUT2D eigenvalue weighted by molar-refractivity contribution is 6.30. The van der Waals surface area contributed by atoms with Gasteiger partial charge in [0.05, 0.1) is 31.0 Å². The Balaban J connectivity index is 1.69. The summed E-state index contributed by atoms with van der Waals surface area (Å²) in [4.78, 5) is 19.5. The first kappa shape index (κ1) is 18.7. The Morgan fingerprint density at radius 1 is 1.15 bits per heavy atom. The highest BCUT2D eigenvalue weighted by Gasteiger charge is 2.24. The number of aromatic nitrogens is 1. The van der Waals surface area contributed by atoms with E-state index in [9.17, 15) is 4.79 Å². The molecule has 0 radical (unpaired) electrons. The number of halogens is 1. The molecule has 0 saturated carbocycles. The molecule has 1 aromatic carbocycles. The highest BCUT2D eigenvalue weighted by atomic mass is 35.5. The van der Waals surface area contributed by atoms with E-state index in [4.69, 9.17) is 16.3 Å². The van der Waals surface area contributed by atoms with Crippen LogP contribution in [0, 0.1) is 5.92 Å². The second-order valence-electron chi connectivity index (χ2n) is 6.77. The number of anilines is 2. The van der Waals surface area contributed by atoms with Crippen LogP contribution in [0.1, 0.15) is 25.3 Å². The molecule has 5 nitrogen and oxygen atoms in total. The molecule has 1 aliphatic heterocycles. The molecule has 3 rings (SSSR count). The van der Waals surface area contributed by atoms with Gasteiger partial charge in [-0.05, 0) is 35.7 Å². The maximum Gasteiger partial charge on any atom is 0.232 e. The van der Waals surface area contributed by atoms with Gasteiger partial charge in [-0.1, -0.05) is 37.6 Å². The zero-order chi connectivity index (χ0) is 18.5. The monoisotopic (exact) mass is 373 g/mol. The summed E-state index contributed by atoms with van der Waals surface area (Å²) in [6.07, 6.45) is 1.71. The number of carbonyl (C=O) groups is 1. The zero-order valence-electron chi connectivity index (χ0n) is 15.1. The first-order valence-electron chi connectivity index (χ1n) is 8.89. The number of morpholine rings is 1. The van der Waals surface area contributed by atoms with Crippen molar-refractivity contribution in [3.05, 3.63) is 53.2 Å². The average Bonchev–Trinajstić information content (AvgIpc) is 2.64. The van der Waals surface area contributed by atoms with Gasteiger partial charge in [-0.15, -0.1) is 0 Å². The molecule has 0 aliphatic carbocycles. The van der Waals surface area contributed by atoms with Gasteiger partial charge in [-0.2, -0.15) is 0 Å². The third kappa shape index (κ3) is 4.54. The Kier molecular flexibility index (Phi) is 6.12. The number of nitrogens with one attached hydrogen (secondary N) is 1. The van der Waals surface area contributed by atoms with E-state index in [1.54, 1.807) is 6.20 Å². The van der Waals surface area contributed by atoms with Crippen LogP contribution in [0.2, 0.25) is 5.02 Å². The van der Waals surface area contributed by atoms with E-state index < -0.39 is 0 Å². The molecule has 1 aliphatic rings. The zero-order valence-corrected chi connectivity index (χ0v) is 15.9. The minimum atomic E-state index is -0.244. The largest absolute Gasteiger partial charge is 0.378 e. The fourth-order valence-corrected chi connectivity index (χ4v) is 3.29. The maximum atomic E-state index is 12.8. The number of amides is 1. The van der Waals surface area contributed by atoms with Crippen molar-refractivity contribution in [2.45, 2.75) is 19.8 Å². The average molecular weight is 374 g/mol. The smallest absolute Gasteiger partial charge is 0.232 e. The summed E-state index contributed by atoms with van der Waals surface area (Å²) in [6, 6.07) is 11.3. The van der Waals surface area contributed by atoms with Gasteiger partial charge in [0.1, 0.15) is 5.82 Å². The molecule has 0 unspecified atom stereocenters. The van der Waals surface area contributed by atoms with E-state index in [2.05, 4.69) is 15.2 Å². The molecule has 1 N–H and O–H groups in total. The van der Waals surface area contributed by atoms with Gasteiger partial charge in [-0.3, -0.25) is 4.79 Å². The van der Waals surface area contributed by atoms with Gasteiger partial charge in [-0.25, -0.2) is 4.98 Å². The highest BCUT2D eigenvalue weighted by Crippen LogP contribution is 2.27. The van der Waals surface area contributed by atoms with Crippen LogP contribution in [0.5, 0.6) is 0 Å². The molecule has 1 saturated heterocycles. The van der Waals surface area contributed by atoms with E-state index >= 15 is 0 Å². The van der Waals surface area contributed by atoms with Crippen LogP contribution in [0.15, 0.2) is 42.6 Å². The summed E-state index contributed by atoms with van der Waals surface area (Å²) >= 11 is 5.96. The van der Waals surface area contributed by atoms with Crippen molar-refractivity contribution in [2.24, 2.45) is 5.92 Å². The van der Waals surface area contributed by atoms with Crippen LogP contribution >= 0.6 is 11.6 Å². The minimum Gasteiger partial charge on any atom is -0.378 e. The number of pyridine rings is 1. The van der Waals surface area contributed by atoms with Crippen LogP contribution in [-0.4, -0.2) is 37.2 Å². The Labute approximate surface area is 159 Å². The fourth-order valence-electron chi connectivity index (χ4n) is 3.17. The van der Waals surface area contributed by atoms with Gasteiger partial charge in [0, 0.05) is 18.1 Å². The number of hydrogen-bond donors (Lipinski definition) is 1. The topological polar surface area (TPSA) is 54.5 Å². The first-order chi connectivity index (χ1) is 12.5. The molecule has 138 valence electrons. The maximum absolute atomic E-state index is 12.8. The predicted molar refractivity (Wildman–Crippen MR) is 105 cm³/mol. The van der Waals surface area contributed by atoms with E-state index in [1.807, 2.05) is 50.2 Å². The standard InChI is InChI=1S/C20H24ClN3O2/c1-14(2)19(15-3-5-16(21)6-4-15)20(25)23-17-7-8-18(22-13-17)24-9-11-26-12-10-24/h3-8,13-14,19H,9-12H2,1-2H3,(H,23,25)/t19-/m0/s1. The van der Waals surface area contributed by atoms with Gasteiger partial charge < -0.3 is 15.0 Å². The quantitative estimate of drug-likeness (QED) is 0.862. The molecule has 1 amide bonds. The Morgan fingerprint density at radius 2 is 1.85 bits per heavy atom. The number of nitrogens with zero attached hydrogens (tertiary/aromatic N) is 2. The lowest BCUT2D eigenvalue weighted by Gasteiger charge is -2.27. The number of ether oxygens (including phenoxy) is 1. The van der Waals surface area contributed by atoms with Crippen LogP contribution in [-0.2, 0) is 9.53 Å². The second kappa shape index (κ2) is 8.52. The SMILES string of the molecule is CC(C)[C@H](C(=O)Nc1ccc(N2CCOCC2)nc1)c1ccc(Cl)cc1. The van der Waals surface area contributed by atoms with Crippen molar-refractivity contribution in [1.82, 2.24) is 4.98 Å². The van der Waals surface area contributed by atoms with Crippen molar-refractivity contribution in [2.75, 3.05) is 36.5 Å². The van der Waals surface area contributed by atoms with Crippen molar-refractivity contribution >= 4 is 29.0 Å². The molecule has 0 bridgehead atoms. The minimum absolute atomic E-state index is 0.0387.